The summed E-state index contributed by atoms with van der Waals surface area (Å²) in [6.07, 6.45) is 1.42. The fourth-order valence-electron chi connectivity index (χ4n) is 2.23. The zero-order valence-electron chi connectivity index (χ0n) is 13.8. The average molecular weight is 360 g/mol. The van der Waals surface area contributed by atoms with E-state index in [9.17, 15) is 13.2 Å². The van der Waals surface area contributed by atoms with E-state index in [0.29, 0.717) is 11.3 Å². The Morgan fingerprint density at radius 3 is 2.48 bits per heavy atom. The predicted molar refractivity (Wildman–Crippen MR) is 92.4 cm³/mol. The van der Waals surface area contributed by atoms with Gasteiger partial charge in [-0.25, -0.2) is 4.31 Å². The number of hydrogen-bond donors (Lipinski definition) is 1. The average Bonchev–Trinajstić information content (AvgIpc) is 2.95. The fourth-order valence-corrected chi connectivity index (χ4v) is 3.14. The number of hydrogen-bond acceptors (Lipinski definition) is 5. The lowest BCUT2D eigenvalue weighted by Gasteiger charge is -2.23. The summed E-state index contributed by atoms with van der Waals surface area (Å²) in [6.45, 7) is 3.60. The van der Waals surface area contributed by atoms with Crippen molar-refractivity contribution < 1.29 is 17.7 Å². The van der Waals surface area contributed by atoms with Gasteiger partial charge in [0.2, 0.25) is 0 Å². The van der Waals surface area contributed by atoms with Crippen LogP contribution in [0.3, 0.4) is 0 Å². The lowest BCUT2D eigenvalue weighted by molar-refractivity contribution is -0.113. The summed E-state index contributed by atoms with van der Waals surface area (Å²) in [4.78, 5) is 12.5. The van der Waals surface area contributed by atoms with Gasteiger partial charge >= 0.3 is 10.2 Å². The lowest BCUT2D eigenvalue weighted by Crippen LogP contribution is -2.35. The van der Waals surface area contributed by atoms with Crippen molar-refractivity contribution in [3.63, 3.8) is 0 Å². The highest BCUT2D eigenvalue weighted by atomic mass is 32.2. The van der Waals surface area contributed by atoms with Gasteiger partial charge in [-0.1, -0.05) is 35.0 Å². The zero-order chi connectivity index (χ0) is 18.2. The standard InChI is InChI=1S/C16H16N4O4S/c1-10-4-6-12(7-5-10)13-9-14(20(3)25(22,23)19-13)16(21)17-15-8-11(2)24-18-15/h4-9H,1-3H3,(H,17,18,21). The summed E-state index contributed by atoms with van der Waals surface area (Å²) >= 11 is 0. The van der Waals surface area contributed by atoms with Crippen molar-refractivity contribution in [3.05, 3.63) is 59.0 Å². The minimum atomic E-state index is -4.00. The van der Waals surface area contributed by atoms with Crippen molar-refractivity contribution in [1.82, 2.24) is 9.46 Å². The molecule has 1 aliphatic heterocycles. The largest absolute Gasteiger partial charge is 0.360 e. The molecule has 130 valence electrons. The molecule has 0 unspecified atom stereocenters. The van der Waals surface area contributed by atoms with Gasteiger partial charge in [0.1, 0.15) is 11.5 Å². The zero-order valence-corrected chi connectivity index (χ0v) is 14.7. The maximum Gasteiger partial charge on any atom is 0.345 e. The van der Waals surface area contributed by atoms with Crippen LogP contribution in [0.25, 0.3) is 0 Å². The highest BCUT2D eigenvalue weighted by Crippen LogP contribution is 2.21. The van der Waals surface area contributed by atoms with Gasteiger partial charge in [0.15, 0.2) is 5.82 Å². The topological polar surface area (TPSA) is 105 Å². The summed E-state index contributed by atoms with van der Waals surface area (Å²) in [5.41, 5.74) is 1.76. The number of aromatic nitrogens is 1. The van der Waals surface area contributed by atoms with Gasteiger partial charge in [0, 0.05) is 18.7 Å². The number of likely N-dealkylation sites (N-methyl/N-ethyl adjacent to an activating group) is 1. The molecule has 0 spiro atoms. The molecule has 0 saturated heterocycles. The second kappa shape index (κ2) is 6.17. The molecule has 0 atom stereocenters. The van der Waals surface area contributed by atoms with Crippen LogP contribution in [0.2, 0.25) is 0 Å². The Balaban J connectivity index is 1.97. The molecule has 25 heavy (non-hydrogen) atoms. The Morgan fingerprint density at radius 1 is 1.20 bits per heavy atom. The van der Waals surface area contributed by atoms with Crippen molar-refractivity contribution in [2.24, 2.45) is 4.40 Å². The highest BCUT2D eigenvalue weighted by molar-refractivity contribution is 7.88. The van der Waals surface area contributed by atoms with Crippen LogP contribution in [0.4, 0.5) is 5.82 Å². The van der Waals surface area contributed by atoms with Crippen molar-refractivity contribution in [2.75, 3.05) is 12.4 Å². The first-order valence-electron chi connectivity index (χ1n) is 7.38. The quantitative estimate of drug-likeness (QED) is 0.898. The number of benzene rings is 1. The Kier molecular flexibility index (Phi) is 4.17. The lowest BCUT2D eigenvalue weighted by atomic mass is 10.1. The van der Waals surface area contributed by atoms with Crippen molar-refractivity contribution in [3.8, 4) is 0 Å². The summed E-state index contributed by atoms with van der Waals surface area (Å²) in [5, 5.41) is 6.18. The molecule has 1 aromatic carbocycles. The Bertz CT molecular complexity index is 987. The second-order valence-corrected chi connectivity index (χ2v) is 7.22. The molecule has 1 N–H and O–H groups in total. The van der Waals surface area contributed by atoms with E-state index < -0.39 is 16.1 Å². The number of aryl methyl sites for hydroxylation is 2. The molecule has 0 radical (unpaired) electrons. The van der Waals surface area contributed by atoms with E-state index in [1.165, 1.54) is 19.2 Å². The maximum atomic E-state index is 12.5. The number of allylic oxidation sites excluding steroid dienone is 1. The minimum Gasteiger partial charge on any atom is -0.360 e. The highest BCUT2D eigenvalue weighted by Gasteiger charge is 2.30. The van der Waals surface area contributed by atoms with E-state index in [-0.39, 0.29) is 17.2 Å². The van der Waals surface area contributed by atoms with Crippen LogP contribution in [-0.4, -0.2) is 36.5 Å². The van der Waals surface area contributed by atoms with E-state index in [0.717, 1.165) is 9.87 Å². The minimum absolute atomic E-state index is 0.0637. The number of rotatable bonds is 3. The number of amides is 1. The van der Waals surface area contributed by atoms with Gasteiger partial charge in [0.25, 0.3) is 5.91 Å². The third kappa shape index (κ3) is 3.45. The molecule has 2 aromatic rings. The van der Waals surface area contributed by atoms with E-state index >= 15 is 0 Å². The van der Waals surface area contributed by atoms with Crippen LogP contribution in [0.1, 0.15) is 16.9 Å². The number of carbonyl (C=O) groups is 1. The van der Waals surface area contributed by atoms with Crippen LogP contribution in [0.5, 0.6) is 0 Å². The van der Waals surface area contributed by atoms with Gasteiger partial charge in [-0.05, 0) is 19.9 Å². The number of nitrogens with one attached hydrogen (secondary N) is 1. The molecule has 0 bridgehead atoms. The van der Waals surface area contributed by atoms with Crippen molar-refractivity contribution >= 4 is 27.6 Å². The molecular weight excluding hydrogens is 344 g/mol. The van der Waals surface area contributed by atoms with Gasteiger partial charge < -0.3 is 9.84 Å². The third-order valence-corrected chi connectivity index (χ3v) is 4.94. The van der Waals surface area contributed by atoms with Crippen molar-refractivity contribution in [1.29, 1.82) is 0 Å². The van der Waals surface area contributed by atoms with E-state index in [1.54, 1.807) is 19.1 Å². The van der Waals surface area contributed by atoms with Gasteiger partial charge in [-0.3, -0.25) is 4.79 Å². The van der Waals surface area contributed by atoms with Gasteiger partial charge in [-0.2, -0.15) is 8.42 Å². The molecule has 9 heteroatoms. The van der Waals surface area contributed by atoms with Gasteiger partial charge in [0.05, 0.1) is 5.71 Å². The predicted octanol–water partition coefficient (Wildman–Crippen LogP) is 1.79. The maximum absolute atomic E-state index is 12.5. The first-order valence-corrected chi connectivity index (χ1v) is 8.78. The Labute approximate surface area is 145 Å². The number of nitrogens with zero attached hydrogens (tertiary/aromatic N) is 3. The first-order chi connectivity index (χ1) is 11.8. The molecule has 0 aliphatic carbocycles. The molecule has 8 nitrogen and oxygen atoms in total. The first kappa shape index (κ1) is 16.9. The molecule has 1 amide bonds. The SMILES string of the molecule is Cc1ccc(C2=NS(=O)(=O)N(C)C(C(=O)Nc3cc(C)on3)=C2)cc1. The van der Waals surface area contributed by atoms with Gasteiger partial charge in [-0.15, -0.1) is 4.40 Å². The molecule has 1 aliphatic rings. The molecule has 0 fully saturated rings. The summed E-state index contributed by atoms with van der Waals surface area (Å²) < 4.78 is 34.0. The van der Waals surface area contributed by atoms with Crippen LogP contribution in [-0.2, 0) is 15.0 Å². The van der Waals surface area contributed by atoms with E-state index in [2.05, 4.69) is 14.9 Å². The molecule has 0 saturated carbocycles. The van der Waals surface area contributed by atoms with E-state index in [1.807, 2.05) is 19.1 Å². The summed E-state index contributed by atoms with van der Waals surface area (Å²) in [7, 11) is -2.73. The monoisotopic (exact) mass is 360 g/mol. The Hall–Kier alpha value is -2.94. The number of carbonyl (C=O) groups excluding carboxylic acids is 1. The number of anilines is 1. The molecule has 1 aromatic heterocycles. The normalized spacial score (nSPS) is 16.2. The second-order valence-electron chi connectivity index (χ2n) is 5.59. The molecule has 2 heterocycles. The summed E-state index contributed by atoms with van der Waals surface area (Å²) in [5.74, 6) is 0.100. The molecule has 3 rings (SSSR count). The van der Waals surface area contributed by atoms with Crippen LogP contribution in [0.15, 0.2) is 51.0 Å². The third-order valence-electron chi connectivity index (χ3n) is 3.62. The molecular formula is C16H16N4O4S. The van der Waals surface area contributed by atoms with E-state index in [4.69, 9.17) is 4.52 Å². The fraction of sp³-hybridized carbons (Fsp3) is 0.188. The summed E-state index contributed by atoms with van der Waals surface area (Å²) in [6, 6.07) is 8.72. The van der Waals surface area contributed by atoms with Crippen molar-refractivity contribution in [2.45, 2.75) is 13.8 Å². The Morgan fingerprint density at radius 2 is 1.88 bits per heavy atom. The van der Waals surface area contributed by atoms with Crippen LogP contribution in [0, 0.1) is 13.8 Å². The van der Waals surface area contributed by atoms with Crippen LogP contribution >= 0.6 is 0 Å². The smallest absolute Gasteiger partial charge is 0.345 e. The van der Waals surface area contributed by atoms with Crippen LogP contribution < -0.4 is 5.32 Å².